The summed E-state index contributed by atoms with van der Waals surface area (Å²) in [5.74, 6) is 0.421. The molecule has 30 heavy (non-hydrogen) atoms. The Balaban J connectivity index is 1.77. The lowest BCUT2D eigenvalue weighted by Crippen LogP contribution is -2.58. The van der Waals surface area contributed by atoms with Crippen molar-refractivity contribution >= 4 is 6.09 Å². The molecule has 1 aliphatic carbocycles. The van der Waals surface area contributed by atoms with E-state index in [2.05, 4.69) is 17.0 Å². The number of hydrogen-bond donors (Lipinski definition) is 1. The van der Waals surface area contributed by atoms with Gasteiger partial charge in [-0.2, -0.15) is 0 Å². The van der Waals surface area contributed by atoms with Gasteiger partial charge in [0.2, 0.25) is 0 Å². The molecule has 3 rings (SSSR count). The first-order valence-electron chi connectivity index (χ1n) is 11.6. The van der Waals surface area contributed by atoms with Gasteiger partial charge in [-0.05, 0) is 70.8 Å². The van der Waals surface area contributed by atoms with Crippen LogP contribution in [0.4, 0.5) is 4.79 Å². The smallest absolute Gasteiger partial charge is 0.411 e. The predicted molar refractivity (Wildman–Crippen MR) is 118 cm³/mol. The molecular weight excluding hydrogens is 378 g/mol. The molecule has 1 saturated carbocycles. The number of hydrogen-bond acceptors (Lipinski definition) is 4. The highest BCUT2D eigenvalue weighted by Crippen LogP contribution is 2.50. The summed E-state index contributed by atoms with van der Waals surface area (Å²) in [4.78, 5) is 15.5. The van der Waals surface area contributed by atoms with E-state index in [-0.39, 0.29) is 24.3 Å². The Kier molecular flexibility index (Phi) is 7.81. The second-order valence-electron chi connectivity index (χ2n) is 9.96. The molecule has 0 radical (unpaired) electrons. The van der Waals surface area contributed by atoms with E-state index in [0.29, 0.717) is 19.1 Å². The van der Waals surface area contributed by atoms with Crippen LogP contribution in [0, 0.1) is 5.92 Å². The molecule has 1 aliphatic heterocycles. The van der Waals surface area contributed by atoms with Crippen LogP contribution in [0.25, 0.3) is 0 Å². The molecule has 1 aromatic carbocycles. The number of benzene rings is 1. The molecule has 168 valence electrons. The molecule has 1 N–H and O–H groups in total. The summed E-state index contributed by atoms with van der Waals surface area (Å²) in [5.41, 5.74) is 0.467. The number of carbonyl (C=O) groups is 1. The SMILES string of the molecule is CC(C)(C)OC(=O)N1[C@H](COCc2ccccc2)CC[C@]12CCCC[C@H]2CCCO. The highest BCUT2D eigenvalue weighted by Gasteiger charge is 2.54. The molecule has 1 saturated heterocycles. The van der Waals surface area contributed by atoms with Crippen molar-refractivity contribution in [3.8, 4) is 0 Å². The number of nitrogens with zero attached hydrogens (tertiary/aromatic N) is 1. The van der Waals surface area contributed by atoms with Crippen molar-refractivity contribution in [1.29, 1.82) is 0 Å². The second kappa shape index (κ2) is 10.1. The third kappa shape index (κ3) is 5.55. The van der Waals surface area contributed by atoms with Crippen molar-refractivity contribution in [2.45, 2.75) is 95.9 Å². The molecule has 0 unspecified atom stereocenters. The van der Waals surface area contributed by atoms with Crippen molar-refractivity contribution in [1.82, 2.24) is 4.90 Å². The highest BCUT2D eigenvalue weighted by molar-refractivity contribution is 5.70. The van der Waals surface area contributed by atoms with E-state index in [1.54, 1.807) is 0 Å². The number of rotatable bonds is 7. The van der Waals surface area contributed by atoms with Crippen LogP contribution in [-0.2, 0) is 16.1 Å². The Morgan fingerprint density at radius 1 is 1.17 bits per heavy atom. The maximum atomic E-state index is 13.4. The quantitative estimate of drug-likeness (QED) is 0.654. The van der Waals surface area contributed by atoms with Crippen molar-refractivity contribution in [2.24, 2.45) is 5.92 Å². The Labute approximate surface area is 181 Å². The molecule has 0 bridgehead atoms. The largest absolute Gasteiger partial charge is 0.444 e. The number of likely N-dealkylation sites (tertiary alicyclic amines) is 1. The molecule has 2 fully saturated rings. The van der Waals surface area contributed by atoms with Gasteiger partial charge in [-0.1, -0.05) is 43.2 Å². The minimum atomic E-state index is -0.522. The Morgan fingerprint density at radius 3 is 2.63 bits per heavy atom. The first kappa shape index (κ1) is 23.1. The number of ether oxygens (including phenoxy) is 2. The van der Waals surface area contributed by atoms with Crippen molar-refractivity contribution in [3.63, 3.8) is 0 Å². The zero-order valence-electron chi connectivity index (χ0n) is 18.9. The summed E-state index contributed by atoms with van der Waals surface area (Å²) in [6.07, 6.45) is 8.00. The molecule has 1 spiro atoms. The number of aliphatic hydroxyl groups excluding tert-OH is 1. The fourth-order valence-electron chi connectivity index (χ4n) is 5.41. The molecule has 2 aliphatic rings. The summed E-state index contributed by atoms with van der Waals surface area (Å²) in [5, 5.41) is 9.41. The van der Waals surface area contributed by atoms with Gasteiger partial charge in [0.15, 0.2) is 0 Å². The molecule has 3 atom stereocenters. The Hall–Kier alpha value is -1.59. The molecule has 1 amide bonds. The van der Waals surface area contributed by atoms with Gasteiger partial charge in [-0.25, -0.2) is 4.79 Å². The van der Waals surface area contributed by atoms with E-state index in [1.165, 1.54) is 6.42 Å². The average Bonchev–Trinajstić information content (AvgIpc) is 3.05. The number of amides is 1. The molecule has 1 aromatic rings. The van der Waals surface area contributed by atoms with Crippen LogP contribution in [0.2, 0.25) is 0 Å². The van der Waals surface area contributed by atoms with E-state index in [4.69, 9.17) is 9.47 Å². The monoisotopic (exact) mass is 417 g/mol. The lowest BCUT2D eigenvalue weighted by molar-refractivity contribution is -0.0431. The fourth-order valence-corrected chi connectivity index (χ4v) is 5.41. The summed E-state index contributed by atoms with van der Waals surface area (Å²) < 4.78 is 12.0. The van der Waals surface area contributed by atoms with Gasteiger partial charge in [-0.3, -0.25) is 4.90 Å². The molecule has 1 heterocycles. The molecule has 5 nitrogen and oxygen atoms in total. The van der Waals surface area contributed by atoms with Gasteiger partial charge < -0.3 is 14.6 Å². The highest BCUT2D eigenvalue weighted by atomic mass is 16.6. The minimum absolute atomic E-state index is 0.0401. The maximum Gasteiger partial charge on any atom is 0.411 e. The Bertz CT molecular complexity index is 671. The summed E-state index contributed by atoms with van der Waals surface area (Å²) in [6.45, 7) is 7.09. The number of aliphatic hydroxyl groups is 1. The van der Waals surface area contributed by atoms with E-state index < -0.39 is 5.60 Å². The predicted octanol–water partition coefficient (Wildman–Crippen LogP) is 5.30. The summed E-state index contributed by atoms with van der Waals surface area (Å²) in [6, 6.07) is 10.2. The third-order valence-electron chi connectivity index (χ3n) is 6.65. The zero-order chi connectivity index (χ0) is 21.6. The topological polar surface area (TPSA) is 59.0 Å². The van der Waals surface area contributed by atoms with Gasteiger partial charge >= 0.3 is 6.09 Å². The molecular formula is C25H39NO4. The van der Waals surface area contributed by atoms with Gasteiger partial charge in [0.1, 0.15) is 5.60 Å². The maximum absolute atomic E-state index is 13.4. The van der Waals surface area contributed by atoms with Crippen molar-refractivity contribution in [2.75, 3.05) is 13.2 Å². The van der Waals surface area contributed by atoms with Crippen LogP contribution in [0.3, 0.4) is 0 Å². The number of carbonyl (C=O) groups excluding carboxylic acids is 1. The lowest BCUT2D eigenvalue weighted by atomic mass is 9.69. The standard InChI is InChI=1S/C25H39NO4/c1-24(2,3)30-23(28)26-22(19-29-18-20-10-5-4-6-11-20)14-16-25(26)15-8-7-12-21(25)13-9-17-27/h4-6,10-11,21-22,27H,7-9,12-19H2,1-3H3/t21-,22-,25-/m0/s1. The second-order valence-corrected chi connectivity index (χ2v) is 9.96. The molecule has 0 aromatic heterocycles. The van der Waals surface area contributed by atoms with Crippen LogP contribution in [0.15, 0.2) is 30.3 Å². The third-order valence-corrected chi connectivity index (χ3v) is 6.65. The van der Waals surface area contributed by atoms with Crippen LogP contribution in [0.1, 0.15) is 77.7 Å². The van der Waals surface area contributed by atoms with E-state index in [1.807, 2.05) is 39.0 Å². The van der Waals surface area contributed by atoms with E-state index in [0.717, 1.165) is 50.5 Å². The van der Waals surface area contributed by atoms with Gasteiger partial charge in [0.25, 0.3) is 0 Å². The summed E-state index contributed by atoms with van der Waals surface area (Å²) in [7, 11) is 0. The van der Waals surface area contributed by atoms with Crippen LogP contribution >= 0.6 is 0 Å². The average molecular weight is 418 g/mol. The Morgan fingerprint density at radius 2 is 1.93 bits per heavy atom. The normalized spacial score (nSPS) is 26.9. The summed E-state index contributed by atoms with van der Waals surface area (Å²) >= 11 is 0. The van der Waals surface area contributed by atoms with Crippen LogP contribution < -0.4 is 0 Å². The van der Waals surface area contributed by atoms with Gasteiger partial charge in [0, 0.05) is 12.1 Å². The first-order chi connectivity index (χ1) is 14.4. The van der Waals surface area contributed by atoms with Crippen LogP contribution in [0.5, 0.6) is 0 Å². The van der Waals surface area contributed by atoms with Gasteiger partial charge in [0.05, 0.1) is 19.3 Å². The lowest BCUT2D eigenvalue weighted by Gasteiger charge is -2.49. The van der Waals surface area contributed by atoms with E-state index >= 15 is 0 Å². The van der Waals surface area contributed by atoms with Crippen molar-refractivity contribution in [3.05, 3.63) is 35.9 Å². The van der Waals surface area contributed by atoms with Crippen molar-refractivity contribution < 1.29 is 19.4 Å². The van der Waals surface area contributed by atoms with Gasteiger partial charge in [-0.15, -0.1) is 0 Å². The zero-order valence-corrected chi connectivity index (χ0v) is 18.9. The van der Waals surface area contributed by atoms with Crippen LogP contribution in [-0.4, -0.2) is 46.5 Å². The molecule has 5 heteroatoms. The fraction of sp³-hybridized carbons (Fsp3) is 0.720. The first-order valence-corrected chi connectivity index (χ1v) is 11.6. The minimum Gasteiger partial charge on any atom is -0.444 e. The van der Waals surface area contributed by atoms with E-state index in [9.17, 15) is 9.90 Å².